The summed E-state index contributed by atoms with van der Waals surface area (Å²) in [6.45, 7) is 6.99. The van der Waals surface area contributed by atoms with Gasteiger partial charge >= 0.3 is 0 Å². The van der Waals surface area contributed by atoms with Gasteiger partial charge in [0.05, 0.1) is 13.2 Å². The van der Waals surface area contributed by atoms with Crippen LogP contribution >= 0.6 is 11.8 Å². The molecule has 1 heterocycles. The number of hydrogen-bond acceptors (Lipinski definition) is 4. The molecule has 0 radical (unpaired) electrons. The van der Waals surface area contributed by atoms with Crippen LogP contribution in [-0.2, 0) is 0 Å². The number of unbranched alkanes of at least 4 members (excludes halogenated alkanes) is 1. The minimum Gasteiger partial charge on any atom is -0.490 e. The molecular weight excluding hydrogens is 270 g/mol. The summed E-state index contributed by atoms with van der Waals surface area (Å²) in [5.41, 5.74) is 0. The maximum atomic E-state index is 5.71. The molecule has 1 aromatic carbocycles. The second-order valence-electron chi connectivity index (χ2n) is 5.32. The first-order chi connectivity index (χ1) is 9.75. The van der Waals surface area contributed by atoms with Gasteiger partial charge in [-0.15, -0.1) is 11.8 Å². The van der Waals surface area contributed by atoms with Crippen LogP contribution in [0.5, 0.6) is 11.5 Å². The Labute approximate surface area is 126 Å². The van der Waals surface area contributed by atoms with Crippen molar-refractivity contribution in [2.45, 2.75) is 44.0 Å². The maximum Gasteiger partial charge on any atom is 0.162 e. The number of benzene rings is 1. The van der Waals surface area contributed by atoms with Gasteiger partial charge in [0.2, 0.25) is 0 Å². The molecule has 0 unspecified atom stereocenters. The Morgan fingerprint density at radius 2 is 1.95 bits per heavy atom. The van der Waals surface area contributed by atoms with Crippen LogP contribution in [0.4, 0.5) is 0 Å². The van der Waals surface area contributed by atoms with Crippen molar-refractivity contribution in [2.24, 2.45) is 0 Å². The quantitative estimate of drug-likeness (QED) is 0.613. The molecule has 0 bridgehead atoms. The van der Waals surface area contributed by atoms with E-state index in [2.05, 4.69) is 31.3 Å². The second kappa shape index (κ2) is 8.42. The Morgan fingerprint density at radius 1 is 1.15 bits per heavy atom. The first-order valence-corrected chi connectivity index (χ1v) is 8.50. The van der Waals surface area contributed by atoms with Gasteiger partial charge in [-0.05, 0) is 43.3 Å². The van der Waals surface area contributed by atoms with Crippen molar-refractivity contribution >= 4 is 11.8 Å². The predicted octanol–water partition coefficient (Wildman–Crippen LogP) is 3.72. The van der Waals surface area contributed by atoms with Crippen molar-refractivity contribution in [3.05, 3.63) is 18.2 Å². The molecule has 2 rings (SSSR count). The highest BCUT2D eigenvalue weighted by atomic mass is 32.2. The zero-order valence-corrected chi connectivity index (χ0v) is 13.3. The summed E-state index contributed by atoms with van der Waals surface area (Å²) < 4.78 is 11.4. The first-order valence-electron chi connectivity index (χ1n) is 7.51. The summed E-state index contributed by atoms with van der Waals surface area (Å²) >= 11 is 1.90. The van der Waals surface area contributed by atoms with Gasteiger partial charge in [-0.2, -0.15) is 0 Å². The average Bonchev–Trinajstić information content (AvgIpc) is 2.67. The van der Waals surface area contributed by atoms with Crippen LogP contribution in [0.15, 0.2) is 23.1 Å². The van der Waals surface area contributed by atoms with Crippen LogP contribution in [0.2, 0.25) is 0 Å². The summed E-state index contributed by atoms with van der Waals surface area (Å²) in [5, 5.41) is 3.45. The largest absolute Gasteiger partial charge is 0.490 e. The molecule has 4 heteroatoms. The van der Waals surface area contributed by atoms with Gasteiger partial charge in [0.1, 0.15) is 0 Å². The van der Waals surface area contributed by atoms with Crippen LogP contribution in [-0.4, -0.2) is 31.6 Å². The summed E-state index contributed by atoms with van der Waals surface area (Å²) in [6.07, 6.45) is 3.43. The Bertz CT molecular complexity index is 409. The van der Waals surface area contributed by atoms with Gasteiger partial charge in [-0.25, -0.2) is 0 Å². The number of hydrogen-bond donors (Lipinski definition) is 1. The summed E-state index contributed by atoms with van der Waals surface area (Å²) in [5.74, 6) is 2.93. The van der Waals surface area contributed by atoms with Gasteiger partial charge in [-0.1, -0.05) is 13.8 Å². The third kappa shape index (κ3) is 5.25. The van der Waals surface area contributed by atoms with E-state index >= 15 is 0 Å². The van der Waals surface area contributed by atoms with Gasteiger partial charge in [-0.3, -0.25) is 0 Å². The van der Waals surface area contributed by atoms with Crippen molar-refractivity contribution in [2.75, 3.05) is 25.5 Å². The fourth-order valence-electron chi connectivity index (χ4n) is 2.04. The van der Waals surface area contributed by atoms with Gasteiger partial charge in [0, 0.05) is 17.4 Å². The van der Waals surface area contributed by atoms with E-state index in [0.717, 1.165) is 43.4 Å². The molecule has 1 N–H and O–H groups in total. The number of thioether (sulfide) groups is 1. The standard InChI is InChI=1S/C16H25NO2S/c1-13(2)17-8-3-4-11-20-14-6-7-15-16(12-14)19-10-5-9-18-15/h6-7,12-13,17H,3-5,8-11H2,1-2H3. The minimum atomic E-state index is 0.587. The molecule has 0 aliphatic carbocycles. The summed E-state index contributed by atoms with van der Waals surface area (Å²) in [7, 11) is 0. The van der Waals surface area contributed by atoms with Crippen LogP contribution < -0.4 is 14.8 Å². The molecule has 0 spiro atoms. The fourth-order valence-corrected chi connectivity index (χ4v) is 2.98. The minimum absolute atomic E-state index is 0.587. The summed E-state index contributed by atoms with van der Waals surface area (Å²) in [4.78, 5) is 1.27. The molecule has 0 saturated carbocycles. The molecule has 1 aromatic rings. The molecule has 0 atom stereocenters. The van der Waals surface area contributed by atoms with Crippen molar-refractivity contribution in [1.29, 1.82) is 0 Å². The van der Waals surface area contributed by atoms with Gasteiger partial charge in [0.15, 0.2) is 11.5 Å². The monoisotopic (exact) mass is 295 g/mol. The van der Waals surface area contributed by atoms with Crippen molar-refractivity contribution in [3.63, 3.8) is 0 Å². The third-order valence-corrected chi connectivity index (χ3v) is 4.19. The Balaban J connectivity index is 1.72. The molecule has 1 aliphatic heterocycles. The van der Waals surface area contributed by atoms with E-state index in [9.17, 15) is 0 Å². The number of ether oxygens (including phenoxy) is 2. The van der Waals surface area contributed by atoms with Crippen molar-refractivity contribution in [1.82, 2.24) is 5.32 Å². The maximum absolute atomic E-state index is 5.71. The van der Waals surface area contributed by atoms with E-state index in [1.54, 1.807) is 0 Å². The fraction of sp³-hybridized carbons (Fsp3) is 0.625. The van der Waals surface area contributed by atoms with Crippen LogP contribution in [0, 0.1) is 0 Å². The zero-order chi connectivity index (χ0) is 14.2. The molecule has 0 fully saturated rings. The Morgan fingerprint density at radius 3 is 2.75 bits per heavy atom. The summed E-state index contributed by atoms with van der Waals surface area (Å²) in [6, 6.07) is 6.86. The molecule has 0 amide bonds. The van der Waals surface area contributed by atoms with E-state index in [1.807, 2.05) is 17.8 Å². The lowest BCUT2D eigenvalue weighted by Gasteiger charge is -2.09. The van der Waals surface area contributed by atoms with Crippen LogP contribution in [0.25, 0.3) is 0 Å². The molecular formula is C16H25NO2S. The number of nitrogens with one attached hydrogen (secondary N) is 1. The molecule has 3 nitrogen and oxygen atoms in total. The Kier molecular flexibility index (Phi) is 6.54. The number of fused-ring (bicyclic) bond motifs is 1. The van der Waals surface area contributed by atoms with E-state index in [-0.39, 0.29) is 0 Å². The highest BCUT2D eigenvalue weighted by Crippen LogP contribution is 2.34. The molecule has 1 aliphatic rings. The second-order valence-corrected chi connectivity index (χ2v) is 6.49. The lowest BCUT2D eigenvalue weighted by atomic mass is 10.3. The molecule has 0 aromatic heterocycles. The van der Waals surface area contributed by atoms with E-state index in [1.165, 1.54) is 17.7 Å². The van der Waals surface area contributed by atoms with Gasteiger partial charge < -0.3 is 14.8 Å². The molecule has 0 saturated heterocycles. The lowest BCUT2D eigenvalue weighted by Crippen LogP contribution is -2.23. The van der Waals surface area contributed by atoms with E-state index < -0.39 is 0 Å². The third-order valence-electron chi connectivity index (χ3n) is 3.11. The van der Waals surface area contributed by atoms with E-state index in [0.29, 0.717) is 6.04 Å². The SMILES string of the molecule is CC(C)NCCCCSc1ccc2c(c1)OCCCO2. The van der Waals surface area contributed by atoms with E-state index in [4.69, 9.17) is 9.47 Å². The van der Waals surface area contributed by atoms with Crippen molar-refractivity contribution in [3.8, 4) is 11.5 Å². The highest BCUT2D eigenvalue weighted by Gasteiger charge is 2.10. The predicted molar refractivity (Wildman–Crippen MR) is 85.1 cm³/mol. The molecule has 112 valence electrons. The number of rotatable bonds is 7. The van der Waals surface area contributed by atoms with Crippen LogP contribution in [0.1, 0.15) is 33.1 Å². The lowest BCUT2D eigenvalue weighted by molar-refractivity contribution is 0.297. The first kappa shape index (κ1) is 15.5. The van der Waals surface area contributed by atoms with Gasteiger partial charge in [0.25, 0.3) is 0 Å². The van der Waals surface area contributed by atoms with Crippen LogP contribution in [0.3, 0.4) is 0 Å². The average molecular weight is 295 g/mol. The smallest absolute Gasteiger partial charge is 0.162 e. The highest BCUT2D eigenvalue weighted by molar-refractivity contribution is 7.99. The normalized spacial score (nSPS) is 14.3. The van der Waals surface area contributed by atoms with Crippen molar-refractivity contribution < 1.29 is 9.47 Å². The zero-order valence-electron chi connectivity index (χ0n) is 12.5. The topological polar surface area (TPSA) is 30.5 Å². The Hall–Kier alpha value is -0.870. The molecule has 20 heavy (non-hydrogen) atoms.